The summed E-state index contributed by atoms with van der Waals surface area (Å²) in [5.41, 5.74) is 0.825. The lowest BCUT2D eigenvalue weighted by Crippen LogP contribution is -2.54. The van der Waals surface area contributed by atoms with Crippen LogP contribution in [0.5, 0.6) is 5.88 Å². The van der Waals surface area contributed by atoms with Gasteiger partial charge in [-0.25, -0.2) is 0 Å². The number of nitrogens with one attached hydrogen (secondary N) is 2. The van der Waals surface area contributed by atoms with Crippen molar-refractivity contribution in [1.82, 2.24) is 10.3 Å². The third kappa shape index (κ3) is 4.69. The van der Waals surface area contributed by atoms with Crippen LogP contribution in [0.2, 0.25) is 5.02 Å². The number of halogens is 1. The van der Waals surface area contributed by atoms with Gasteiger partial charge in [-0.2, -0.15) is 4.98 Å². The third-order valence-corrected chi connectivity index (χ3v) is 5.82. The molecule has 1 unspecified atom stereocenters. The smallest absolute Gasteiger partial charge is 0.276 e. The second-order valence-electron chi connectivity index (χ2n) is 8.14. The average molecular weight is 465 g/mol. The van der Waals surface area contributed by atoms with Crippen molar-refractivity contribution >= 4 is 40.6 Å². The normalized spacial score (nSPS) is 18.3. The highest BCUT2D eigenvalue weighted by atomic mass is 35.5. The molecule has 170 valence electrons. The van der Waals surface area contributed by atoms with E-state index in [4.69, 9.17) is 16.3 Å². The molecule has 7 nitrogen and oxygen atoms in total. The van der Waals surface area contributed by atoms with E-state index >= 15 is 0 Å². The maximum absolute atomic E-state index is 13.8. The number of rotatable bonds is 6. The van der Waals surface area contributed by atoms with Crippen molar-refractivity contribution in [1.29, 1.82) is 0 Å². The minimum absolute atomic E-state index is 0.226. The Hall–Kier alpha value is -3.42. The van der Waals surface area contributed by atoms with Crippen LogP contribution in [0.25, 0.3) is 0 Å². The lowest BCUT2D eigenvalue weighted by molar-refractivity contribution is -0.133. The molecule has 1 aliphatic heterocycles. The SMILES string of the molecule is CNC(C)C(=O)Nc1ccc2c(n1)O[C@@](C)(Cc1ccccc1)C(=O)N2c1cccc(Cl)c1. The molecule has 0 bridgehead atoms. The quantitative estimate of drug-likeness (QED) is 0.567. The number of pyridine rings is 1. The molecule has 0 aliphatic carbocycles. The Bertz CT molecular complexity index is 1190. The molecular weight excluding hydrogens is 440 g/mol. The summed E-state index contributed by atoms with van der Waals surface area (Å²) in [6, 6.07) is 19.7. The average Bonchev–Trinajstić information content (AvgIpc) is 2.80. The van der Waals surface area contributed by atoms with Gasteiger partial charge in [-0.3, -0.25) is 14.5 Å². The van der Waals surface area contributed by atoms with Gasteiger partial charge in [0.2, 0.25) is 11.8 Å². The number of amides is 2. The van der Waals surface area contributed by atoms with Crippen LogP contribution in [0.3, 0.4) is 0 Å². The van der Waals surface area contributed by atoms with Gasteiger partial charge in [0.25, 0.3) is 5.91 Å². The molecule has 1 aliphatic rings. The molecule has 0 fully saturated rings. The van der Waals surface area contributed by atoms with Gasteiger partial charge in [0.05, 0.1) is 11.7 Å². The zero-order valence-corrected chi connectivity index (χ0v) is 19.4. The molecule has 33 heavy (non-hydrogen) atoms. The van der Waals surface area contributed by atoms with Crippen LogP contribution >= 0.6 is 11.6 Å². The van der Waals surface area contributed by atoms with Crippen LogP contribution in [0, 0.1) is 0 Å². The van der Waals surface area contributed by atoms with Crippen LogP contribution in [-0.4, -0.2) is 35.5 Å². The van der Waals surface area contributed by atoms with E-state index in [1.165, 1.54) is 0 Å². The Labute approximate surface area is 197 Å². The number of hydrogen-bond donors (Lipinski definition) is 2. The number of likely N-dealkylation sites (N-methyl/N-ethyl adjacent to an activating group) is 1. The van der Waals surface area contributed by atoms with Gasteiger partial charge >= 0.3 is 0 Å². The van der Waals surface area contributed by atoms with Crippen LogP contribution in [0.15, 0.2) is 66.7 Å². The van der Waals surface area contributed by atoms with Gasteiger partial charge in [0, 0.05) is 11.4 Å². The summed E-state index contributed by atoms with van der Waals surface area (Å²) in [6.07, 6.45) is 0.345. The predicted molar refractivity (Wildman–Crippen MR) is 129 cm³/mol. The van der Waals surface area contributed by atoms with E-state index < -0.39 is 11.6 Å². The van der Waals surface area contributed by atoms with Crippen LogP contribution in [0.1, 0.15) is 19.4 Å². The third-order valence-electron chi connectivity index (χ3n) is 5.59. The predicted octanol–water partition coefficient (Wildman–Crippen LogP) is 4.34. The summed E-state index contributed by atoms with van der Waals surface area (Å²) in [7, 11) is 1.71. The van der Waals surface area contributed by atoms with Gasteiger partial charge in [-0.05, 0) is 56.8 Å². The highest BCUT2D eigenvalue weighted by Crippen LogP contribution is 2.43. The summed E-state index contributed by atoms with van der Waals surface area (Å²) in [5, 5.41) is 6.18. The number of carbonyl (C=O) groups is 2. The van der Waals surface area contributed by atoms with Gasteiger partial charge < -0.3 is 15.4 Å². The topological polar surface area (TPSA) is 83.6 Å². The largest absolute Gasteiger partial charge is 0.459 e. The van der Waals surface area contributed by atoms with Crippen LogP contribution in [0.4, 0.5) is 17.2 Å². The number of anilines is 3. The molecule has 8 heteroatoms. The first-order chi connectivity index (χ1) is 15.8. The van der Waals surface area contributed by atoms with Crippen molar-refractivity contribution < 1.29 is 14.3 Å². The maximum atomic E-state index is 13.8. The van der Waals surface area contributed by atoms with E-state index in [1.54, 1.807) is 56.1 Å². The van der Waals surface area contributed by atoms with Gasteiger partial charge in [-0.1, -0.05) is 48.0 Å². The van der Waals surface area contributed by atoms with Gasteiger partial charge in [-0.15, -0.1) is 0 Å². The van der Waals surface area contributed by atoms with Crippen molar-refractivity contribution in [2.45, 2.75) is 31.9 Å². The summed E-state index contributed by atoms with van der Waals surface area (Å²) < 4.78 is 6.22. The van der Waals surface area contributed by atoms with Gasteiger partial charge in [0.15, 0.2) is 5.60 Å². The Kier molecular flexibility index (Phi) is 6.35. The molecular formula is C25H25ClN4O3. The zero-order chi connectivity index (χ0) is 23.6. The second-order valence-corrected chi connectivity index (χ2v) is 8.57. The summed E-state index contributed by atoms with van der Waals surface area (Å²) in [4.78, 5) is 32.2. The fraction of sp³-hybridized carbons (Fsp3) is 0.240. The highest BCUT2D eigenvalue weighted by Gasteiger charge is 2.46. The van der Waals surface area contributed by atoms with E-state index in [1.807, 2.05) is 36.4 Å². The minimum Gasteiger partial charge on any atom is -0.459 e. The number of ether oxygens (including phenoxy) is 1. The number of nitrogens with zero attached hydrogens (tertiary/aromatic N) is 2. The first kappa shape index (κ1) is 22.8. The summed E-state index contributed by atoms with van der Waals surface area (Å²) in [5.74, 6) is 0.130. The first-order valence-electron chi connectivity index (χ1n) is 10.6. The van der Waals surface area contributed by atoms with Crippen molar-refractivity contribution in [3.63, 3.8) is 0 Å². The Morgan fingerprint density at radius 1 is 1.15 bits per heavy atom. The van der Waals surface area contributed by atoms with Crippen molar-refractivity contribution in [3.05, 3.63) is 77.3 Å². The van der Waals surface area contributed by atoms with E-state index in [-0.39, 0.29) is 17.7 Å². The molecule has 2 N–H and O–H groups in total. The molecule has 2 aromatic carbocycles. The highest BCUT2D eigenvalue weighted by molar-refractivity contribution is 6.31. The monoisotopic (exact) mass is 464 g/mol. The molecule has 4 rings (SSSR count). The minimum atomic E-state index is -1.22. The number of fused-ring (bicyclic) bond motifs is 1. The fourth-order valence-electron chi connectivity index (χ4n) is 3.69. The zero-order valence-electron chi connectivity index (χ0n) is 18.6. The summed E-state index contributed by atoms with van der Waals surface area (Å²) in [6.45, 7) is 3.50. The van der Waals surface area contributed by atoms with Crippen molar-refractivity contribution in [3.8, 4) is 5.88 Å². The Balaban J connectivity index is 1.77. The molecule has 0 spiro atoms. The van der Waals surface area contributed by atoms with Crippen LogP contribution in [-0.2, 0) is 16.0 Å². The van der Waals surface area contributed by atoms with E-state index in [0.717, 1.165) is 5.56 Å². The molecule has 2 heterocycles. The fourth-order valence-corrected chi connectivity index (χ4v) is 3.87. The molecule has 2 amide bonds. The Morgan fingerprint density at radius 3 is 2.61 bits per heavy atom. The summed E-state index contributed by atoms with van der Waals surface area (Å²) >= 11 is 6.23. The van der Waals surface area contributed by atoms with Crippen molar-refractivity contribution in [2.24, 2.45) is 0 Å². The Morgan fingerprint density at radius 2 is 1.91 bits per heavy atom. The number of carbonyl (C=O) groups excluding carboxylic acids is 2. The number of aromatic nitrogens is 1. The molecule has 0 saturated carbocycles. The second kappa shape index (κ2) is 9.21. The van der Waals surface area contributed by atoms with E-state index in [9.17, 15) is 9.59 Å². The van der Waals surface area contributed by atoms with Crippen molar-refractivity contribution in [2.75, 3.05) is 17.3 Å². The molecule has 2 atom stereocenters. The van der Waals surface area contributed by atoms with Gasteiger partial charge in [0.1, 0.15) is 11.5 Å². The van der Waals surface area contributed by atoms with Crippen LogP contribution < -0.4 is 20.3 Å². The maximum Gasteiger partial charge on any atom is 0.276 e. The van der Waals surface area contributed by atoms with E-state index in [0.29, 0.717) is 28.6 Å². The lowest BCUT2D eigenvalue weighted by Gasteiger charge is -2.40. The number of hydrogen-bond acceptors (Lipinski definition) is 5. The molecule has 3 aromatic rings. The lowest BCUT2D eigenvalue weighted by atomic mass is 9.92. The standard InChI is InChI=1S/C25H25ClN4O3/c1-16(27-3)22(31)28-21-13-12-20-23(29-21)33-25(2,15-17-8-5-4-6-9-17)24(32)30(20)19-11-7-10-18(26)14-19/h4-14,16,27H,15H2,1-3H3,(H,28,29,31)/t16?,25-/m0/s1. The van der Waals surface area contributed by atoms with E-state index in [2.05, 4.69) is 15.6 Å². The molecule has 0 saturated heterocycles. The first-order valence-corrected chi connectivity index (χ1v) is 11.0. The molecule has 1 aromatic heterocycles. The molecule has 0 radical (unpaired) electrons. The number of benzene rings is 2.